The fourth-order valence-electron chi connectivity index (χ4n) is 1.30. The van der Waals surface area contributed by atoms with Gasteiger partial charge in [-0.2, -0.15) is 9.97 Å². The maximum atomic E-state index is 5.94. The van der Waals surface area contributed by atoms with Crippen molar-refractivity contribution in [3.05, 3.63) is 22.9 Å². The summed E-state index contributed by atoms with van der Waals surface area (Å²) < 4.78 is 9.90. The summed E-state index contributed by atoms with van der Waals surface area (Å²) >= 11 is 5.94. The Morgan fingerprint density at radius 3 is 2.94 bits per heavy atom. The van der Waals surface area contributed by atoms with Gasteiger partial charge in [-0.05, 0) is 6.92 Å². The summed E-state index contributed by atoms with van der Waals surface area (Å²) in [6, 6.07) is 0.260. The summed E-state index contributed by atoms with van der Waals surface area (Å²) in [5, 5.41) is 7.18. The van der Waals surface area contributed by atoms with E-state index < -0.39 is 0 Å². The Hall–Kier alpha value is -1.89. The molecule has 7 nitrogen and oxygen atoms in total. The Morgan fingerprint density at radius 2 is 2.28 bits per heavy atom. The molecular weight excluding hydrogens is 258 g/mol. The van der Waals surface area contributed by atoms with Crippen LogP contribution in [0.2, 0.25) is 5.02 Å². The molecule has 0 spiro atoms. The number of rotatable bonds is 5. The molecule has 0 atom stereocenters. The van der Waals surface area contributed by atoms with Crippen molar-refractivity contribution in [1.29, 1.82) is 0 Å². The van der Waals surface area contributed by atoms with Crippen molar-refractivity contribution in [2.75, 3.05) is 19.0 Å². The summed E-state index contributed by atoms with van der Waals surface area (Å²) in [5.74, 6) is 1.70. The smallest absolute Gasteiger partial charge is 0.318 e. The SMILES string of the molecule is COc1ncc(Cl)c(NCCc2nc(C)no2)n1. The van der Waals surface area contributed by atoms with Gasteiger partial charge in [0.05, 0.1) is 13.3 Å². The summed E-state index contributed by atoms with van der Waals surface area (Å²) in [6.07, 6.45) is 2.07. The number of aromatic nitrogens is 4. The zero-order chi connectivity index (χ0) is 13.0. The second-order valence-electron chi connectivity index (χ2n) is 3.47. The highest BCUT2D eigenvalue weighted by Gasteiger charge is 2.06. The number of nitrogens with zero attached hydrogens (tertiary/aromatic N) is 4. The topological polar surface area (TPSA) is 86.0 Å². The molecule has 0 saturated carbocycles. The van der Waals surface area contributed by atoms with Gasteiger partial charge >= 0.3 is 6.01 Å². The van der Waals surface area contributed by atoms with Gasteiger partial charge in [0.2, 0.25) is 5.89 Å². The molecule has 0 aliphatic carbocycles. The third kappa shape index (κ3) is 3.07. The summed E-state index contributed by atoms with van der Waals surface area (Å²) in [4.78, 5) is 12.1. The molecule has 96 valence electrons. The van der Waals surface area contributed by atoms with Gasteiger partial charge in [-0.3, -0.25) is 0 Å². The highest BCUT2D eigenvalue weighted by atomic mass is 35.5. The van der Waals surface area contributed by atoms with Gasteiger partial charge in [-0.15, -0.1) is 0 Å². The molecule has 8 heteroatoms. The predicted molar refractivity (Wildman–Crippen MR) is 64.8 cm³/mol. The predicted octanol–water partition coefficient (Wildman–Crippen LogP) is 1.48. The molecule has 1 N–H and O–H groups in total. The molecule has 0 radical (unpaired) electrons. The number of aryl methyl sites for hydroxylation is 1. The monoisotopic (exact) mass is 269 g/mol. The van der Waals surface area contributed by atoms with E-state index >= 15 is 0 Å². The Kier molecular flexibility index (Phi) is 3.93. The Labute approximate surface area is 109 Å². The second kappa shape index (κ2) is 5.63. The van der Waals surface area contributed by atoms with Crippen LogP contribution in [-0.4, -0.2) is 33.8 Å². The van der Waals surface area contributed by atoms with Crippen LogP contribution in [0, 0.1) is 6.92 Å². The van der Waals surface area contributed by atoms with Crippen LogP contribution in [0.4, 0.5) is 5.82 Å². The average Bonchev–Trinajstić information content (AvgIpc) is 2.77. The quantitative estimate of drug-likeness (QED) is 0.880. The van der Waals surface area contributed by atoms with Crippen molar-refractivity contribution in [3.63, 3.8) is 0 Å². The van der Waals surface area contributed by atoms with Crippen molar-refractivity contribution >= 4 is 17.4 Å². The van der Waals surface area contributed by atoms with Crippen molar-refractivity contribution in [2.45, 2.75) is 13.3 Å². The molecule has 2 rings (SSSR count). The number of ether oxygens (including phenoxy) is 1. The van der Waals surface area contributed by atoms with Crippen LogP contribution in [0.15, 0.2) is 10.7 Å². The first-order chi connectivity index (χ1) is 8.69. The molecule has 0 saturated heterocycles. The van der Waals surface area contributed by atoms with E-state index in [-0.39, 0.29) is 6.01 Å². The highest BCUT2D eigenvalue weighted by Crippen LogP contribution is 2.19. The molecule has 0 aliphatic rings. The molecule has 2 aromatic rings. The standard InChI is InChI=1S/C10H12ClN5O2/c1-6-14-8(18-16-6)3-4-12-9-7(11)5-13-10(15-9)17-2/h5H,3-4H2,1-2H3,(H,12,13,15). The number of halogens is 1. The fourth-order valence-corrected chi connectivity index (χ4v) is 1.46. The molecule has 2 heterocycles. The number of hydrogen-bond acceptors (Lipinski definition) is 7. The van der Waals surface area contributed by atoms with Gasteiger partial charge in [0.1, 0.15) is 5.02 Å². The normalized spacial score (nSPS) is 10.4. The summed E-state index contributed by atoms with van der Waals surface area (Å²) in [7, 11) is 1.49. The lowest BCUT2D eigenvalue weighted by Crippen LogP contribution is -2.08. The van der Waals surface area contributed by atoms with Gasteiger partial charge in [-0.1, -0.05) is 16.8 Å². The van der Waals surface area contributed by atoms with Crippen molar-refractivity contribution < 1.29 is 9.26 Å². The molecule has 0 fully saturated rings. The van der Waals surface area contributed by atoms with Gasteiger partial charge in [0, 0.05) is 13.0 Å². The minimum Gasteiger partial charge on any atom is -0.467 e. The molecule has 0 amide bonds. The first-order valence-electron chi connectivity index (χ1n) is 5.28. The summed E-state index contributed by atoms with van der Waals surface area (Å²) in [6.45, 7) is 2.34. The van der Waals surface area contributed by atoms with E-state index in [0.717, 1.165) is 0 Å². The Morgan fingerprint density at radius 1 is 1.44 bits per heavy atom. The van der Waals surface area contributed by atoms with E-state index in [2.05, 4.69) is 25.4 Å². The number of methoxy groups -OCH3 is 1. The number of anilines is 1. The van der Waals surface area contributed by atoms with E-state index in [4.69, 9.17) is 20.9 Å². The van der Waals surface area contributed by atoms with Crippen LogP contribution >= 0.6 is 11.6 Å². The van der Waals surface area contributed by atoms with Crippen LogP contribution in [0.3, 0.4) is 0 Å². The lowest BCUT2D eigenvalue weighted by atomic mass is 10.4. The minimum atomic E-state index is 0.260. The van der Waals surface area contributed by atoms with E-state index in [0.29, 0.717) is 35.5 Å². The van der Waals surface area contributed by atoms with Crippen LogP contribution in [0.25, 0.3) is 0 Å². The first kappa shape index (κ1) is 12.6. The van der Waals surface area contributed by atoms with Crippen LogP contribution < -0.4 is 10.1 Å². The minimum absolute atomic E-state index is 0.260. The molecule has 18 heavy (non-hydrogen) atoms. The fraction of sp³-hybridized carbons (Fsp3) is 0.400. The van der Waals surface area contributed by atoms with Crippen LogP contribution in [0.5, 0.6) is 6.01 Å². The summed E-state index contributed by atoms with van der Waals surface area (Å²) in [5.41, 5.74) is 0. The third-order valence-electron chi connectivity index (χ3n) is 2.11. The van der Waals surface area contributed by atoms with Crippen LogP contribution in [-0.2, 0) is 6.42 Å². The molecule has 0 aliphatic heterocycles. The van der Waals surface area contributed by atoms with Gasteiger partial charge in [0.15, 0.2) is 11.6 Å². The molecule has 2 aromatic heterocycles. The maximum absolute atomic E-state index is 5.94. The number of nitrogens with one attached hydrogen (secondary N) is 1. The van der Waals surface area contributed by atoms with E-state index in [1.165, 1.54) is 13.3 Å². The third-order valence-corrected chi connectivity index (χ3v) is 2.38. The number of hydrogen-bond donors (Lipinski definition) is 1. The van der Waals surface area contributed by atoms with Crippen molar-refractivity contribution in [3.8, 4) is 6.01 Å². The van der Waals surface area contributed by atoms with Crippen molar-refractivity contribution in [2.24, 2.45) is 0 Å². The molecule has 0 unspecified atom stereocenters. The van der Waals surface area contributed by atoms with E-state index in [9.17, 15) is 0 Å². The van der Waals surface area contributed by atoms with Crippen molar-refractivity contribution in [1.82, 2.24) is 20.1 Å². The average molecular weight is 270 g/mol. The highest BCUT2D eigenvalue weighted by molar-refractivity contribution is 6.32. The molecule has 0 aromatic carbocycles. The second-order valence-corrected chi connectivity index (χ2v) is 3.87. The van der Waals surface area contributed by atoms with E-state index in [1.807, 2.05) is 0 Å². The van der Waals surface area contributed by atoms with Gasteiger partial charge < -0.3 is 14.6 Å². The first-order valence-corrected chi connectivity index (χ1v) is 5.66. The lowest BCUT2D eigenvalue weighted by molar-refractivity contribution is 0.376. The Balaban J connectivity index is 1.93. The van der Waals surface area contributed by atoms with Gasteiger partial charge in [-0.25, -0.2) is 4.98 Å². The lowest BCUT2D eigenvalue weighted by Gasteiger charge is -2.06. The zero-order valence-electron chi connectivity index (χ0n) is 9.97. The van der Waals surface area contributed by atoms with Crippen LogP contribution in [0.1, 0.15) is 11.7 Å². The van der Waals surface area contributed by atoms with E-state index in [1.54, 1.807) is 6.92 Å². The molecular formula is C10H12ClN5O2. The Bertz CT molecular complexity index is 531. The van der Waals surface area contributed by atoms with Gasteiger partial charge in [0.25, 0.3) is 0 Å². The zero-order valence-corrected chi connectivity index (χ0v) is 10.7. The maximum Gasteiger partial charge on any atom is 0.318 e. The molecule has 0 bridgehead atoms. The largest absolute Gasteiger partial charge is 0.467 e.